The van der Waals surface area contributed by atoms with Crippen LogP contribution in [0.25, 0.3) is 0 Å². The van der Waals surface area contributed by atoms with E-state index in [2.05, 4.69) is 6.07 Å². The number of fused-ring (bicyclic) bond motifs is 1. The van der Waals surface area contributed by atoms with Crippen molar-refractivity contribution in [3.8, 4) is 5.75 Å². The number of rotatable bonds is 4. The second-order valence-electron chi connectivity index (χ2n) is 10.0. The number of carbonyl (C=O) groups excluding carboxylic acids is 3. The number of hydrogen-bond acceptors (Lipinski definition) is 4. The number of hydrogen-bond donors (Lipinski definition) is 0. The van der Waals surface area contributed by atoms with E-state index < -0.39 is 0 Å². The minimum atomic E-state index is -0.282. The molecule has 2 unspecified atom stereocenters. The third-order valence-electron chi connectivity index (χ3n) is 7.99. The average molecular weight is 490 g/mol. The molecule has 1 saturated carbocycles. The molecule has 2 aliphatic heterocycles. The first-order valence-corrected chi connectivity index (χ1v) is 13.2. The van der Waals surface area contributed by atoms with Gasteiger partial charge in [0.1, 0.15) is 5.75 Å². The van der Waals surface area contributed by atoms with Gasteiger partial charge in [0.15, 0.2) is 0 Å². The summed E-state index contributed by atoms with van der Waals surface area (Å²) in [4.78, 5) is 46.2. The van der Waals surface area contributed by atoms with Crippen molar-refractivity contribution in [2.75, 3.05) is 44.7 Å². The summed E-state index contributed by atoms with van der Waals surface area (Å²) in [5.74, 6) is 0.113. The summed E-state index contributed by atoms with van der Waals surface area (Å²) in [5.41, 5.74) is 2.75. The lowest BCUT2D eigenvalue weighted by molar-refractivity contribution is -0.142. The molecule has 1 saturated heterocycles. The van der Waals surface area contributed by atoms with Crippen LogP contribution in [0.4, 0.5) is 5.69 Å². The van der Waals surface area contributed by atoms with Crippen LogP contribution in [0.1, 0.15) is 48.0 Å². The lowest BCUT2D eigenvalue weighted by atomic mass is 9.77. The molecule has 190 valence electrons. The first-order chi connectivity index (χ1) is 17.6. The molecule has 7 nitrogen and oxygen atoms in total. The smallest absolute Gasteiger partial charge is 0.257 e. The van der Waals surface area contributed by atoms with E-state index in [9.17, 15) is 14.4 Å². The van der Waals surface area contributed by atoms with Gasteiger partial charge in [-0.1, -0.05) is 43.2 Å². The number of methoxy groups -OCH3 is 1. The predicted molar refractivity (Wildman–Crippen MR) is 138 cm³/mol. The Balaban J connectivity index is 1.27. The molecule has 0 spiro atoms. The molecule has 2 heterocycles. The van der Waals surface area contributed by atoms with E-state index in [1.54, 1.807) is 19.2 Å². The van der Waals surface area contributed by atoms with E-state index in [-0.39, 0.29) is 29.6 Å². The number of carbonyl (C=O) groups is 3. The van der Waals surface area contributed by atoms with E-state index in [4.69, 9.17) is 4.74 Å². The van der Waals surface area contributed by atoms with E-state index in [1.807, 2.05) is 45.0 Å². The molecule has 2 fully saturated rings. The number of anilines is 1. The normalized spacial score (nSPS) is 22.1. The zero-order chi connectivity index (χ0) is 25.1. The van der Waals surface area contributed by atoms with Crippen molar-refractivity contribution in [2.45, 2.75) is 38.5 Å². The van der Waals surface area contributed by atoms with Crippen LogP contribution in [0.15, 0.2) is 48.5 Å². The fourth-order valence-electron chi connectivity index (χ4n) is 6.06. The Kier molecular flexibility index (Phi) is 7.25. The fourth-order valence-corrected chi connectivity index (χ4v) is 6.06. The quantitative estimate of drug-likeness (QED) is 0.656. The maximum Gasteiger partial charge on any atom is 0.257 e. The lowest BCUT2D eigenvalue weighted by Gasteiger charge is -2.35. The van der Waals surface area contributed by atoms with Gasteiger partial charge in [0.2, 0.25) is 11.8 Å². The van der Waals surface area contributed by atoms with Crippen molar-refractivity contribution < 1.29 is 19.1 Å². The van der Waals surface area contributed by atoms with Gasteiger partial charge in [0.05, 0.1) is 18.6 Å². The summed E-state index contributed by atoms with van der Waals surface area (Å²) in [6.07, 6.45) is 5.07. The molecule has 0 N–H and O–H groups in total. The highest BCUT2D eigenvalue weighted by Gasteiger charge is 2.41. The molecule has 1 aliphatic carbocycles. The third-order valence-corrected chi connectivity index (χ3v) is 7.99. The molecule has 2 aromatic carbocycles. The van der Waals surface area contributed by atoms with Crippen LogP contribution >= 0.6 is 0 Å². The third kappa shape index (κ3) is 4.71. The molecule has 7 heteroatoms. The van der Waals surface area contributed by atoms with Gasteiger partial charge in [0.25, 0.3) is 5.91 Å². The van der Waals surface area contributed by atoms with Crippen LogP contribution in [0.2, 0.25) is 0 Å². The Bertz CT molecular complexity index is 1130. The Hall–Kier alpha value is -3.35. The monoisotopic (exact) mass is 489 g/mol. The summed E-state index contributed by atoms with van der Waals surface area (Å²) in [7, 11) is 1.57. The van der Waals surface area contributed by atoms with Crippen molar-refractivity contribution in [2.24, 2.45) is 11.8 Å². The Morgan fingerprint density at radius 2 is 1.42 bits per heavy atom. The fraction of sp³-hybridized carbons (Fsp3) is 0.483. The lowest BCUT2D eigenvalue weighted by Crippen LogP contribution is -2.47. The van der Waals surface area contributed by atoms with Crippen molar-refractivity contribution in [1.82, 2.24) is 9.80 Å². The molecular formula is C29H35N3O4. The summed E-state index contributed by atoms with van der Waals surface area (Å²) in [6, 6.07) is 15.3. The van der Waals surface area contributed by atoms with Crippen LogP contribution < -0.4 is 9.64 Å². The van der Waals surface area contributed by atoms with Gasteiger partial charge in [-0.2, -0.15) is 0 Å². The van der Waals surface area contributed by atoms with Gasteiger partial charge >= 0.3 is 0 Å². The van der Waals surface area contributed by atoms with Crippen molar-refractivity contribution in [3.05, 3.63) is 59.7 Å². The van der Waals surface area contributed by atoms with Crippen LogP contribution in [-0.2, 0) is 16.0 Å². The average Bonchev–Trinajstić information content (AvgIpc) is 3.21. The summed E-state index contributed by atoms with van der Waals surface area (Å²) < 4.78 is 5.38. The molecule has 3 aliphatic rings. The minimum Gasteiger partial charge on any atom is -0.496 e. The van der Waals surface area contributed by atoms with Gasteiger partial charge in [-0.3, -0.25) is 14.4 Å². The van der Waals surface area contributed by atoms with E-state index >= 15 is 0 Å². The molecule has 2 aromatic rings. The van der Waals surface area contributed by atoms with Gasteiger partial charge < -0.3 is 19.4 Å². The maximum absolute atomic E-state index is 13.8. The Morgan fingerprint density at radius 3 is 2.22 bits per heavy atom. The summed E-state index contributed by atoms with van der Waals surface area (Å²) in [5, 5.41) is 0. The Morgan fingerprint density at radius 1 is 0.750 bits per heavy atom. The number of benzene rings is 2. The van der Waals surface area contributed by atoms with Crippen molar-refractivity contribution in [1.29, 1.82) is 0 Å². The highest BCUT2D eigenvalue weighted by atomic mass is 16.5. The first-order valence-electron chi connectivity index (χ1n) is 13.2. The summed E-state index contributed by atoms with van der Waals surface area (Å²) in [6.45, 7) is 2.87. The van der Waals surface area contributed by atoms with Gasteiger partial charge in [-0.25, -0.2) is 0 Å². The SMILES string of the molecule is COc1ccccc1C(=O)N1CCCN(C(=O)C2CCCCC2C(=O)N2CCc3ccccc32)CC1. The Labute approximate surface area is 213 Å². The topological polar surface area (TPSA) is 70.2 Å². The molecular weight excluding hydrogens is 454 g/mol. The number of nitrogens with zero attached hydrogens (tertiary/aromatic N) is 3. The van der Waals surface area contributed by atoms with E-state index in [0.717, 1.165) is 44.2 Å². The van der Waals surface area contributed by atoms with Crippen LogP contribution in [0.3, 0.4) is 0 Å². The van der Waals surface area contributed by atoms with Crippen LogP contribution in [0.5, 0.6) is 5.75 Å². The molecule has 5 rings (SSSR count). The second kappa shape index (κ2) is 10.7. The largest absolute Gasteiger partial charge is 0.496 e. The highest BCUT2D eigenvalue weighted by Crippen LogP contribution is 2.37. The van der Waals surface area contributed by atoms with Crippen molar-refractivity contribution >= 4 is 23.4 Å². The zero-order valence-corrected chi connectivity index (χ0v) is 21.0. The van der Waals surface area contributed by atoms with E-state index in [1.165, 1.54) is 5.56 Å². The van der Waals surface area contributed by atoms with Gasteiger partial charge in [-0.05, 0) is 49.4 Å². The molecule has 0 aromatic heterocycles. The minimum absolute atomic E-state index is 0.0693. The van der Waals surface area contributed by atoms with E-state index in [0.29, 0.717) is 44.0 Å². The summed E-state index contributed by atoms with van der Waals surface area (Å²) >= 11 is 0. The number of para-hydroxylation sites is 2. The molecule has 2 atom stereocenters. The van der Waals surface area contributed by atoms with Crippen LogP contribution in [0, 0.1) is 11.8 Å². The number of amides is 3. The first kappa shape index (κ1) is 24.3. The standard InChI is InChI=1S/C29H35N3O4/c1-36-26-14-7-5-12-24(26)28(34)31-17-8-16-30(19-20-31)27(33)22-10-3-4-11-23(22)29(35)32-18-15-21-9-2-6-13-25(21)32/h2,5-7,9,12-14,22-23H,3-4,8,10-11,15-20H2,1H3. The molecule has 0 bridgehead atoms. The number of ether oxygens (including phenoxy) is 1. The maximum atomic E-state index is 13.8. The predicted octanol–water partition coefficient (Wildman–Crippen LogP) is 3.77. The molecule has 0 radical (unpaired) electrons. The molecule has 36 heavy (non-hydrogen) atoms. The molecule has 3 amide bonds. The van der Waals surface area contributed by atoms with Gasteiger partial charge in [0, 0.05) is 44.3 Å². The van der Waals surface area contributed by atoms with Crippen molar-refractivity contribution in [3.63, 3.8) is 0 Å². The zero-order valence-electron chi connectivity index (χ0n) is 21.0. The highest BCUT2D eigenvalue weighted by molar-refractivity contribution is 6.00. The van der Waals surface area contributed by atoms with Gasteiger partial charge in [-0.15, -0.1) is 0 Å². The second-order valence-corrected chi connectivity index (χ2v) is 10.0. The van der Waals surface area contributed by atoms with Crippen LogP contribution in [-0.4, -0.2) is 67.4 Å².